The van der Waals surface area contributed by atoms with Gasteiger partial charge in [0.15, 0.2) is 0 Å². The maximum atomic E-state index is 12.5. The zero-order valence-electron chi connectivity index (χ0n) is 15.1. The highest BCUT2D eigenvalue weighted by molar-refractivity contribution is 5.90. The highest BCUT2D eigenvalue weighted by Gasteiger charge is 2.27. The lowest BCUT2D eigenvalue weighted by atomic mass is 10.0. The Hall–Kier alpha value is -1.71. The first kappa shape index (κ1) is 17.6. The van der Waals surface area contributed by atoms with Crippen LogP contribution in [0.1, 0.15) is 59.4 Å². The average molecular weight is 318 g/mol. The maximum Gasteiger partial charge on any atom is 0.414 e. The molecule has 1 heterocycles. The Morgan fingerprint density at radius 1 is 1.30 bits per heavy atom. The molecule has 4 nitrogen and oxygen atoms in total. The Labute approximate surface area is 140 Å². The summed E-state index contributed by atoms with van der Waals surface area (Å²) in [4.78, 5) is 14.3. The fourth-order valence-corrected chi connectivity index (χ4v) is 2.90. The van der Waals surface area contributed by atoms with Gasteiger partial charge in [-0.2, -0.15) is 0 Å². The van der Waals surface area contributed by atoms with Crippen LogP contribution in [0.2, 0.25) is 0 Å². The summed E-state index contributed by atoms with van der Waals surface area (Å²) < 4.78 is 5.56. The number of rotatable bonds is 4. The van der Waals surface area contributed by atoms with Crippen LogP contribution in [0.25, 0.3) is 0 Å². The van der Waals surface area contributed by atoms with Crippen LogP contribution in [0.5, 0.6) is 0 Å². The van der Waals surface area contributed by atoms with E-state index >= 15 is 0 Å². The maximum absolute atomic E-state index is 12.5. The number of aryl methyl sites for hydroxylation is 1. The van der Waals surface area contributed by atoms with Crippen LogP contribution in [-0.2, 0) is 11.2 Å². The molecule has 1 amide bonds. The van der Waals surface area contributed by atoms with Crippen molar-refractivity contribution < 1.29 is 9.53 Å². The van der Waals surface area contributed by atoms with Crippen molar-refractivity contribution in [3.8, 4) is 0 Å². The molecule has 2 rings (SSSR count). The lowest BCUT2D eigenvalue weighted by Crippen LogP contribution is -2.39. The fraction of sp³-hybridized carbons (Fsp3) is 0.632. The molecular weight excluding hydrogens is 288 g/mol. The summed E-state index contributed by atoms with van der Waals surface area (Å²) in [6.07, 6.45) is 3.91. The first-order valence-electron chi connectivity index (χ1n) is 8.74. The van der Waals surface area contributed by atoms with Crippen molar-refractivity contribution in [2.45, 2.75) is 71.9 Å². The van der Waals surface area contributed by atoms with Gasteiger partial charge in [-0.25, -0.2) is 4.79 Å². The lowest BCUT2D eigenvalue weighted by molar-refractivity contribution is 0.0578. The topological polar surface area (TPSA) is 41.6 Å². The zero-order chi connectivity index (χ0) is 17.0. The summed E-state index contributed by atoms with van der Waals surface area (Å²) in [5.41, 5.74) is 2.81. The molecule has 0 radical (unpaired) electrons. The van der Waals surface area contributed by atoms with Gasteiger partial charge < -0.3 is 10.1 Å². The van der Waals surface area contributed by atoms with Gasteiger partial charge >= 0.3 is 6.09 Å². The summed E-state index contributed by atoms with van der Waals surface area (Å²) in [7, 11) is 0. The van der Waals surface area contributed by atoms with E-state index in [-0.39, 0.29) is 6.09 Å². The van der Waals surface area contributed by atoms with Crippen LogP contribution < -0.4 is 10.2 Å². The van der Waals surface area contributed by atoms with Crippen molar-refractivity contribution >= 4 is 17.5 Å². The van der Waals surface area contributed by atoms with E-state index in [4.69, 9.17) is 4.74 Å². The molecule has 0 fully saturated rings. The van der Waals surface area contributed by atoms with Gasteiger partial charge in [-0.1, -0.05) is 19.9 Å². The fourth-order valence-electron chi connectivity index (χ4n) is 2.90. The minimum Gasteiger partial charge on any atom is -0.443 e. The molecule has 0 aliphatic carbocycles. The quantitative estimate of drug-likeness (QED) is 0.851. The summed E-state index contributed by atoms with van der Waals surface area (Å²) >= 11 is 0. The second-order valence-electron chi connectivity index (χ2n) is 7.24. The number of hydrogen-bond donors (Lipinski definition) is 1. The van der Waals surface area contributed by atoms with Crippen molar-refractivity contribution in [2.24, 2.45) is 0 Å². The van der Waals surface area contributed by atoms with Crippen molar-refractivity contribution in [2.75, 3.05) is 16.8 Å². The molecule has 0 atom stereocenters. The van der Waals surface area contributed by atoms with Crippen molar-refractivity contribution in [1.82, 2.24) is 0 Å². The van der Waals surface area contributed by atoms with Crippen LogP contribution in [0.3, 0.4) is 0 Å². The number of anilines is 2. The third-order valence-corrected chi connectivity index (χ3v) is 4.17. The number of benzene rings is 1. The van der Waals surface area contributed by atoms with Crippen LogP contribution in [-0.4, -0.2) is 24.3 Å². The van der Waals surface area contributed by atoms with Gasteiger partial charge in [0.05, 0.1) is 5.69 Å². The molecule has 1 aromatic rings. The van der Waals surface area contributed by atoms with E-state index in [9.17, 15) is 4.79 Å². The largest absolute Gasteiger partial charge is 0.443 e. The van der Waals surface area contributed by atoms with E-state index in [1.54, 1.807) is 4.90 Å². The van der Waals surface area contributed by atoms with Crippen LogP contribution >= 0.6 is 0 Å². The normalized spacial score (nSPS) is 14.6. The summed E-state index contributed by atoms with van der Waals surface area (Å²) in [6.45, 7) is 10.8. The van der Waals surface area contributed by atoms with E-state index < -0.39 is 5.60 Å². The van der Waals surface area contributed by atoms with Gasteiger partial charge in [0.1, 0.15) is 5.60 Å². The SMILES string of the molecule is CCC(CC)Nc1ccc2c(c1)N(C(=O)OC(C)(C)C)CCC2. The van der Waals surface area contributed by atoms with E-state index in [2.05, 4.69) is 37.4 Å². The number of nitrogens with zero attached hydrogens (tertiary/aromatic N) is 1. The Bertz CT molecular complexity index is 545. The highest BCUT2D eigenvalue weighted by Crippen LogP contribution is 2.31. The second kappa shape index (κ2) is 7.24. The molecule has 0 aromatic heterocycles. The zero-order valence-corrected chi connectivity index (χ0v) is 15.1. The predicted molar refractivity (Wildman–Crippen MR) is 96.3 cm³/mol. The summed E-state index contributed by atoms with van der Waals surface area (Å²) in [5, 5.41) is 3.56. The van der Waals surface area contributed by atoms with Gasteiger partial charge in [0.2, 0.25) is 0 Å². The molecule has 0 bridgehead atoms. The summed E-state index contributed by atoms with van der Waals surface area (Å²) in [6, 6.07) is 6.81. The molecule has 1 aromatic carbocycles. The minimum absolute atomic E-state index is 0.252. The van der Waals surface area contributed by atoms with Gasteiger partial charge in [0, 0.05) is 18.3 Å². The van der Waals surface area contributed by atoms with Gasteiger partial charge in [0.25, 0.3) is 0 Å². The third kappa shape index (κ3) is 4.63. The average Bonchev–Trinajstić information content (AvgIpc) is 2.50. The molecular formula is C19H30N2O2. The number of amides is 1. The lowest BCUT2D eigenvalue weighted by Gasteiger charge is -2.32. The van der Waals surface area contributed by atoms with Crippen molar-refractivity contribution in [3.63, 3.8) is 0 Å². The highest BCUT2D eigenvalue weighted by atomic mass is 16.6. The Morgan fingerprint density at radius 2 is 2.00 bits per heavy atom. The molecule has 128 valence electrons. The standard InChI is InChI=1S/C19H30N2O2/c1-6-15(7-2)20-16-11-10-14-9-8-12-21(17(14)13-16)18(22)23-19(3,4)5/h10-11,13,15,20H,6-9,12H2,1-5H3. The van der Waals surface area contributed by atoms with Crippen LogP contribution in [0, 0.1) is 0 Å². The van der Waals surface area contributed by atoms with Crippen molar-refractivity contribution in [3.05, 3.63) is 23.8 Å². The Morgan fingerprint density at radius 3 is 2.61 bits per heavy atom. The molecule has 1 N–H and O–H groups in total. The minimum atomic E-state index is -0.472. The molecule has 23 heavy (non-hydrogen) atoms. The number of nitrogens with one attached hydrogen (secondary N) is 1. The molecule has 1 aliphatic heterocycles. The van der Waals surface area contributed by atoms with E-state index in [1.165, 1.54) is 5.56 Å². The Balaban J connectivity index is 2.23. The molecule has 4 heteroatoms. The smallest absolute Gasteiger partial charge is 0.414 e. The summed E-state index contributed by atoms with van der Waals surface area (Å²) in [5.74, 6) is 0. The molecule has 0 saturated carbocycles. The Kier molecular flexibility index (Phi) is 5.55. The van der Waals surface area contributed by atoms with E-state index in [1.807, 2.05) is 20.8 Å². The molecule has 1 aliphatic rings. The first-order chi connectivity index (χ1) is 10.8. The van der Waals surface area contributed by atoms with E-state index in [0.717, 1.165) is 43.6 Å². The first-order valence-corrected chi connectivity index (χ1v) is 8.74. The second-order valence-corrected chi connectivity index (χ2v) is 7.24. The number of hydrogen-bond acceptors (Lipinski definition) is 3. The number of carbonyl (C=O) groups excluding carboxylic acids is 1. The van der Waals surface area contributed by atoms with Gasteiger partial charge in [-0.3, -0.25) is 4.90 Å². The molecule has 0 saturated heterocycles. The van der Waals surface area contributed by atoms with E-state index in [0.29, 0.717) is 6.04 Å². The third-order valence-electron chi connectivity index (χ3n) is 4.17. The number of ether oxygens (including phenoxy) is 1. The van der Waals surface area contributed by atoms with Gasteiger partial charge in [-0.15, -0.1) is 0 Å². The molecule has 0 unspecified atom stereocenters. The monoisotopic (exact) mass is 318 g/mol. The molecule has 0 spiro atoms. The van der Waals surface area contributed by atoms with Crippen LogP contribution in [0.4, 0.5) is 16.2 Å². The predicted octanol–water partition coefficient (Wildman–Crippen LogP) is 4.97. The van der Waals surface area contributed by atoms with Crippen LogP contribution in [0.15, 0.2) is 18.2 Å². The van der Waals surface area contributed by atoms with Crippen molar-refractivity contribution in [1.29, 1.82) is 0 Å². The number of fused-ring (bicyclic) bond motifs is 1. The number of carbonyl (C=O) groups is 1. The van der Waals surface area contributed by atoms with Gasteiger partial charge in [-0.05, 0) is 64.2 Å².